The number of hydrogen-bond donors (Lipinski definition) is 3. The zero-order valence-electron chi connectivity index (χ0n) is 16.6. The van der Waals surface area contributed by atoms with Crippen molar-refractivity contribution in [2.75, 3.05) is 5.32 Å². The van der Waals surface area contributed by atoms with Crippen LogP contribution in [0.5, 0.6) is 0 Å². The van der Waals surface area contributed by atoms with Gasteiger partial charge in [-0.25, -0.2) is 18.6 Å². The van der Waals surface area contributed by atoms with Crippen LogP contribution in [0.4, 0.5) is 14.6 Å². The number of carbonyl (C=O) groups excluding carboxylic acids is 1. The van der Waals surface area contributed by atoms with Gasteiger partial charge in [0.2, 0.25) is 0 Å². The van der Waals surface area contributed by atoms with E-state index in [0.29, 0.717) is 29.6 Å². The zero-order chi connectivity index (χ0) is 22.0. The minimum absolute atomic E-state index is 0.0715. The highest BCUT2D eigenvalue weighted by Gasteiger charge is 2.24. The lowest BCUT2D eigenvalue weighted by molar-refractivity contribution is 0.0698. The molecule has 0 aliphatic heterocycles. The first-order chi connectivity index (χ1) is 14.9. The van der Waals surface area contributed by atoms with Gasteiger partial charge in [-0.2, -0.15) is 0 Å². The Kier molecular flexibility index (Phi) is 5.79. The minimum Gasteiger partial charge on any atom is -0.478 e. The summed E-state index contributed by atoms with van der Waals surface area (Å²) in [4.78, 5) is 28.4. The van der Waals surface area contributed by atoms with E-state index in [1.54, 1.807) is 24.3 Å². The second-order valence-corrected chi connectivity index (χ2v) is 7.67. The molecular weight excluding hydrogens is 404 g/mol. The molecule has 1 aromatic heterocycles. The molecule has 1 amide bonds. The van der Waals surface area contributed by atoms with Gasteiger partial charge >= 0.3 is 5.97 Å². The topological polar surface area (TPSA) is 91.3 Å². The standard InChI is InChI=1S/C23H21F2N3O3/c24-18-10-5-13(11-19(18)25)22(29)27-15-8-6-14(7-9-15)26-21-12-17(23(30)31)16-3-1-2-4-20(16)28-21/h1-5,10-12,14-15H,6-9H2,(H,26,28)(H,27,29)(H,30,31). The number of anilines is 1. The van der Waals surface area contributed by atoms with E-state index in [9.17, 15) is 23.5 Å². The molecule has 1 fully saturated rings. The van der Waals surface area contributed by atoms with Crippen molar-refractivity contribution in [3.8, 4) is 0 Å². The van der Waals surface area contributed by atoms with Gasteiger partial charge in [0, 0.05) is 23.0 Å². The summed E-state index contributed by atoms with van der Waals surface area (Å²) in [7, 11) is 0. The second-order valence-electron chi connectivity index (χ2n) is 7.67. The summed E-state index contributed by atoms with van der Waals surface area (Å²) in [6, 6.07) is 11.7. The van der Waals surface area contributed by atoms with Gasteiger partial charge in [0.25, 0.3) is 5.91 Å². The summed E-state index contributed by atoms with van der Waals surface area (Å²) in [6.07, 6.45) is 2.90. The Labute approximate surface area is 177 Å². The first kappa shape index (κ1) is 20.7. The van der Waals surface area contributed by atoms with Crippen molar-refractivity contribution in [1.82, 2.24) is 10.3 Å². The summed E-state index contributed by atoms with van der Waals surface area (Å²) in [5.74, 6) is -2.98. The Morgan fingerprint density at radius 1 is 0.935 bits per heavy atom. The largest absolute Gasteiger partial charge is 0.478 e. The Morgan fingerprint density at radius 3 is 2.35 bits per heavy atom. The fraction of sp³-hybridized carbons (Fsp3) is 0.261. The third-order valence-electron chi connectivity index (χ3n) is 5.54. The molecule has 6 nitrogen and oxygen atoms in total. The molecule has 1 heterocycles. The molecule has 0 spiro atoms. The molecule has 1 aliphatic carbocycles. The summed E-state index contributed by atoms with van der Waals surface area (Å²) in [6.45, 7) is 0. The van der Waals surface area contributed by atoms with E-state index in [1.807, 2.05) is 6.07 Å². The van der Waals surface area contributed by atoms with E-state index in [-0.39, 0.29) is 23.2 Å². The lowest BCUT2D eigenvalue weighted by Gasteiger charge is -2.30. The van der Waals surface area contributed by atoms with Gasteiger partial charge in [-0.05, 0) is 56.0 Å². The molecule has 1 aliphatic rings. The van der Waals surface area contributed by atoms with Gasteiger partial charge in [0.15, 0.2) is 11.6 Å². The molecule has 4 rings (SSSR count). The van der Waals surface area contributed by atoms with Crippen LogP contribution in [-0.4, -0.2) is 34.1 Å². The highest BCUT2D eigenvalue weighted by Crippen LogP contribution is 2.25. The Balaban J connectivity index is 1.37. The number of aromatic carboxylic acids is 1. The first-order valence-electron chi connectivity index (χ1n) is 10.1. The number of fused-ring (bicyclic) bond motifs is 1. The number of rotatable bonds is 5. The summed E-state index contributed by atoms with van der Waals surface area (Å²) in [5.41, 5.74) is 0.888. The number of pyridine rings is 1. The maximum Gasteiger partial charge on any atom is 0.336 e. The molecule has 3 aromatic rings. The van der Waals surface area contributed by atoms with E-state index >= 15 is 0 Å². The number of nitrogens with zero attached hydrogens (tertiary/aromatic N) is 1. The van der Waals surface area contributed by atoms with Crippen LogP contribution in [0.2, 0.25) is 0 Å². The van der Waals surface area contributed by atoms with Crippen molar-refractivity contribution in [2.45, 2.75) is 37.8 Å². The lowest BCUT2D eigenvalue weighted by atomic mass is 9.91. The van der Waals surface area contributed by atoms with Gasteiger partial charge < -0.3 is 15.7 Å². The number of aromatic nitrogens is 1. The van der Waals surface area contributed by atoms with E-state index in [2.05, 4.69) is 15.6 Å². The third kappa shape index (κ3) is 4.63. The van der Waals surface area contributed by atoms with Crippen molar-refractivity contribution in [2.24, 2.45) is 0 Å². The average Bonchev–Trinajstić information content (AvgIpc) is 2.76. The average molecular weight is 425 g/mol. The molecule has 0 unspecified atom stereocenters. The fourth-order valence-electron chi connectivity index (χ4n) is 3.92. The normalized spacial score (nSPS) is 18.5. The number of para-hydroxylation sites is 1. The van der Waals surface area contributed by atoms with Crippen molar-refractivity contribution in [3.63, 3.8) is 0 Å². The zero-order valence-corrected chi connectivity index (χ0v) is 16.6. The molecule has 160 valence electrons. The van der Waals surface area contributed by atoms with Gasteiger partial charge in [-0.15, -0.1) is 0 Å². The van der Waals surface area contributed by atoms with Gasteiger partial charge in [-0.3, -0.25) is 4.79 Å². The molecule has 0 saturated heterocycles. The number of carboxylic acids is 1. The maximum atomic E-state index is 13.3. The van der Waals surface area contributed by atoms with Crippen LogP contribution in [0, 0.1) is 11.6 Å². The van der Waals surface area contributed by atoms with Crippen LogP contribution >= 0.6 is 0 Å². The maximum absolute atomic E-state index is 13.3. The number of halogens is 2. The summed E-state index contributed by atoms with van der Waals surface area (Å²) in [5, 5.41) is 16.3. The van der Waals surface area contributed by atoms with Crippen molar-refractivity contribution < 1.29 is 23.5 Å². The molecule has 1 saturated carbocycles. The number of hydrogen-bond acceptors (Lipinski definition) is 4. The second kappa shape index (κ2) is 8.67. The monoisotopic (exact) mass is 425 g/mol. The predicted octanol–water partition coefficient (Wildman–Crippen LogP) is 4.36. The Bertz CT molecular complexity index is 1140. The van der Waals surface area contributed by atoms with Gasteiger partial charge in [0.05, 0.1) is 11.1 Å². The molecular formula is C23H21F2N3O3. The van der Waals surface area contributed by atoms with Crippen LogP contribution in [0.25, 0.3) is 10.9 Å². The minimum atomic E-state index is -1.05. The number of carbonyl (C=O) groups is 2. The predicted molar refractivity (Wildman–Crippen MR) is 112 cm³/mol. The van der Waals surface area contributed by atoms with E-state index < -0.39 is 23.5 Å². The molecule has 0 bridgehead atoms. The fourth-order valence-corrected chi connectivity index (χ4v) is 3.92. The molecule has 8 heteroatoms. The molecule has 2 aromatic carbocycles. The SMILES string of the molecule is O=C(NC1CCC(Nc2cc(C(=O)O)c3ccccc3n2)CC1)c1ccc(F)c(F)c1. The first-order valence-corrected chi connectivity index (χ1v) is 10.1. The van der Waals surface area contributed by atoms with Crippen molar-refractivity contribution in [1.29, 1.82) is 0 Å². The summed E-state index contributed by atoms with van der Waals surface area (Å²) < 4.78 is 26.4. The lowest BCUT2D eigenvalue weighted by Crippen LogP contribution is -2.40. The highest BCUT2D eigenvalue weighted by atomic mass is 19.2. The van der Waals surface area contributed by atoms with Crippen molar-refractivity contribution >= 4 is 28.6 Å². The smallest absolute Gasteiger partial charge is 0.336 e. The number of carboxylic acid groups (broad SMARTS) is 1. The number of benzene rings is 2. The quantitative estimate of drug-likeness (QED) is 0.565. The highest BCUT2D eigenvalue weighted by molar-refractivity contribution is 6.03. The Hall–Kier alpha value is -3.55. The van der Waals surface area contributed by atoms with Crippen LogP contribution in [0.3, 0.4) is 0 Å². The Morgan fingerprint density at radius 2 is 1.65 bits per heavy atom. The summed E-state index contributed by atoms with van der Waals surface area (Å²) >= 11 is 0. The number of nitrogens with one attached hydrogen (secondary N) is 2. The third-order valence-corrected chi connectivity index (χ3v) is 5.54. The van der Waals surface area contributed by atoms with Crippen LogP contribution < -0.4 is 10.6 Å². The molecule has 0 atom stereocenters. The number of amides is 1. The molecule has 31 heavy (non-hydrogen) atoms. The van der Waals surface area contributed by atoms with Gasteiger partial charge in [-0.1, -0.05) is 18.2 Å². The van der Waals surface area contributed by atoms with Crippen LogP contribution in [0.15, 0.2) is 48.5 Å². The molecule has 0 radical (unpaired) electrons. The molecule has 3 N–H and O–H groups in total. The van der Waals surface area contributed by atoms with Crippen LogP contribution in [0.1, 0.15) is 46.4 Å². The van der Waals surface area contributed by atoms with E-state index in [1.165, 1.54) is 6.07 Å². The van der Waals surface area contributed by atoms with Gasteiger partial charge in [0.1, 0.15) is 5.82 Å². The van der Waals surface area contributed by atoms with E-state index in [0.717, 1.165) is 25.0 Å². The van der Waals surface area contributed by atoms with E-state index in [4.69, 9.17) is 0 Å². The van der Waals surface area contributed by atoms with Crippen LogP contribution in [-0.2, 0) is 0 Å². The van der Waals surface area contributed by atoms with Crippen molar-refractivity contribution in [3.05, 3.63) is 71.3 Å².